The molecule has 2 aromatic heterocycles. The van der Waals surface area contributed by atoms with E-state index in [4.69, 9.17) is 4.42 Å². The lowest BCUT2D eigenvalue weighted by atomic mass is 10.1. The van der Waals surface area contributed by atoms with Gasteiger partial charge in [-0.3, -0.25) is 4.99 Å². The third kappa shape index (κ3) is 0.988. The van der Waals surface area contributed by atoms with Crippen LogP contribution in [0.5, 0.6) is 0 Å². The Morgan fingerprint density at radius 3 is 3.36 bits per heavy atom. The Bertz CT molecular complexity index is 537. The SMILES string of the molecule is C1=Cc2c(oc3ncccc23)C=NC1. The first-order valence-corrected chi connectivity index (χ1v) is 4.49. The zero-order chi connectivity index (χ0) is 9.38. The van der Waals surface area contributed by atoms with Crippen LogP contribution >= 0.6 is 0 Å². The third-order valence-corrected chi connectivity index (χ3v) is 2.24. The number of furan rings is 1. The Kier molecular flexibility index (Phi) is 1.50. The van der Waals surface area contributed by atoms with E-state index in [2.05, 4.69) is 9.98 Å². The number of fused-ring (bicyclic) bond motifs is 3. The van der Waals surface area contributed by atoms with Crippen molar-refractivity contribution in [2.45, 2.75) is 0 Å². The Morgan fingerprint density at radius 2 is 2.36 bits per heavy atom. The van der Waals surface area contributed by atoms with Crippen LogP contribution < -0.4 is 0 Å². The topological polar surface area (TPSA) is 38.4 Å². The van der Waals surface area contributed by atoms with E-state index in [-0.39, 0.29) is 0 Å². The van der Waals surface area contributed by atoms with Gasteiger partial charge in [0, 0.05) is 17.1 Å². The summed E-state index contributed by atoms with van der Waals surface area (Å²) in [6.07, 6.45) is 7.54. The van der Waals surface area contributed by atoms with E-state index in [1.54, 1.807) is 12.4 Å². The molecule has 68 valence electrons. The molecule has 0 atom stereocenters. The van der Waals surface area contributed by atoms with Gasteiger partial charge in [0.25, 0.3) is 0 Å². The fourth-order valence-electron chi connectivity index (χ4n) is 1.60. The molecule has 3 rings (SSSR count). The maximum atomic E-state index is 5.56. The van der Waals surface area contributed by atoms with Crippen molar-refractivity contribution in [1.29, 1.82) is 0 Å². The first kappa shape index (κ1) is 7.50. The Balaban J connectivity index is 2.41. The molecule has 0 radical (unpaired) electrons. The number of aliphatic imine (C=N–C) groups is 1. The molecule has 0 aromatic carbocycles. The Hall–Kier alpha value is -1.90. The summed E-state index contributed by atoms with van der Waals surface area (Å²) in [4.78, 5) is 8.33. The van der Waals surface area contributed by atoms with Crippen molar-refractivity contribution in [2.24, 2.45) is 4.99 Å². The molecule has 0 saturated heterocycles. The molecular weight excluding hydrogens is 176 g/mol. The number of aromatic nitrogens is 1. The smallest absolute Gasteiger partial charge is 0.227 e. The molecule has 0 fully saturated rings. The van der Waals surface area contributed by atoms with Gasteiger partial charge in [-0.05, 0) is 12.1 Å². The van der Waals surface area contributed by atoms with Crippen molar-refractivity contribution in [3.05, 3.63) is 35.7 Å². The molecular formula is C11H8N2O. The minimum atomic E-state index is 0.676. The van der Waals surface area contributed by atoms with Gasteiger partial charge in [0.15, 0.2) is 5.76 Å². The van der Waals surface area contributed by atoms with Gasteiger partial charge in [0.05, 0.1) is 12.8 Å². The van der Waals surface area contributed by atoms with E-state index in [1.807, 2.05) is 24.3 Å². The van der Waals surface area contributed by atoms with Gasteiger partial charge in [-0.1, -0.05) is 12.2 Å². The number of hydrogen-bond donors (Lipinski definition) is 0. The van der Waals surface area contributed by atoms with Crippen LogP contribution in [0, 0.1) is 0 Å². The van der Waals surface area contributed by atoms with Crippen molar-refractivity contribution < 1.29 is 4.42 Å². The minimum Gasteiger partial charge on any atom is -0.436 e. The van der Waals surface area contributed by atoms with Gasteiger partial charge < -0.3 is 4.42 Å². The highest BCUT2D eigenvalue weighted by Gasteiger charge is 2.11. The largest absolute Gasteiger partial charge is 0.436 e. The van der Waals surface area contributed by atoms with Gasteiger partial charge in [0.2, 0.25) is 5.71 Å². The first-order chi connectivity index (χ1) is 6.95. The molecule has 3 nitrogen and oxygen atoms in total. The molecule has 1 aliphatic heterocycles. The number of rotatable bonds is 0. The highest BCUT2D eigenvalue weighted by Crippen LogP contribution is 2.25. The minimum absolute atomic E-state index is 0.676. The Morgan fingerprint density at radius 1 is 1.36 bits per heavy atom. The lowest BCUT2D eigenvalue weighted by molar-refractivity contribution is 0.595. The lowest BCUT2D eigenvalue weighted by Gasteiger charge is -1.86. The van der Waals surface area contributed by atoms with Crippen LogP contribution in [-0.4, -0.2) is 17.7 Å². The van der Waals surface area contributed by atoms with Crippen molar-refractivity contribution in [3.8, 4) is 0 Å². The van der Waals surface area contributed by atoms with E-state index in [0.29, 0.717) is 12.3 Å². The van der Waals surface area contributed by atoms with Crippen LogP contribution in [0.3, 0.4) is 0 Å². The predicted octanol–water partition coefficient (Wildman–Crippen LogP) is 2.27. The highest BCUT2D eigenvalue weighted by molar-refractivity contribution is 5.95. The van der Waals surface area contributed by atoms with E-state index in [1.165, 1.54) is 0 Å². The van der Waals surface area contributed by atoms with Gasteiger partial charge in [0.1, 0.15) is 0 Å². The van der Waals surface area contributed by atoms with Crippen LogP contribution in [-0.2, 0) is 0 Å². The predicted molar refractivity (Wildman–Crippen MR) is 55.5 cm³/mol. The number of hydrogen-bond acceptors (Lipinski definition) is 3. The summed E-state index contributed by atoms with van der Waals surface area (Å²) in [7, 11) is 0. The Labute approximate surface area is 80.8 Å². The summed E-state index contributed by atoms with van der Waals surface area (Å²) in [5.41, 5.74) is 1.75. The average molecular weight is 184 g/mol. The van der Waals surface area contributed by atoms with Gasteiger partial charge >= 0.3 is 0 Å². The second-order valence-electron chi connectivity index (χ2n) is 3.13. The zero-order valence-corrected chi connectivity index (χ0v) is 7.47. The molecule has 3 heterocycles. The summed E-state index contributed by atoms with van der Waals surface area (Å²) in [6.45, 7) is 0.714. The second kappa shape index (κ2) is 2.80. The highest BCUT2D eigenvalue weighted by atomic mass is 16.3. The molecule has 0 spiro atoms. The molecule has 0 aliphatic carbocycles. The monoisotopic (exact) mass is 184 g/mol. The summed E-state index contributed by atoms with van der Waals surface area (Å²) in [5, 5.41) is 1.05. The maximum absolute atomic E-state index is 5.56. The number of pyridine rings is 1. The quantitative estimate of drug-likeness (QED) is 0.630. The molecule has 14 heavy (non-hydrogen) atoms. The maximum Gasteiger partial charge on any atom is 0.227 e. The summed E-state index contributed by atoms with van der Waals surface area (Å²) >= 11 is 0. The van der Waals surface area contributed by atoms with E-state index >= 15 is 0 Å². The first-order valence-electron chi connectivity index (χ1n) is 4.49. The average Bonchev–Trinajstić information content (AvgIpc) is 2.42. The fourth-order valence-corrected chi connectivity index (χ4v) is 1.60. The lowest BCUT2D eigenvalue weighted by Crippen LogP contribution is -1.77. The van der Waals surface area contributed by atoms with Crippen molar-refractivity contribution >= 4 is 23.4 Å². The molecule has 0 saturated carbocycles. The second-order valence-corrected chi connectivity index (χ2v) is 3.13. The molecule has 0 unspecified atom stereocenters. The van der Waals surface area contributed by atoms with E-state index in [0.717, 1.165) is 16.7 Å². The van der Waals surface area contributed by atoms with Crippen molar-refractivity contribution in [2.75, 3.05) is 6.54 Å². The van der Waals surface area contributed by atoms with Crippen LogP contribution in [0.2, 0.25) is 0 Å². The van der Waals surface area contributed by atoms with E-state index in [9.17, 15) is 0 Å². The van der Waals surface area contributed by atoms with E-state index < -0.39 is 0 Å². The molecule has 1 aliphatic rings. The van der Waals surface area contributed by atoms with Crippen molar-refractivity contribution in [1.82, 2.24) is 4.98 Å². The molecule has 3 heteroatoms. The van der Waals surface area contributed by atoms with Crippen LogP contribution in [0.4, 0.5) is 0 Å². The molecule has 0 bridgehead atoms. The molecule has 0 amide bonds. The zero-order valence-electron chi connectivity index (χ0n) is 7.47. The van der Waals surface area contributed by atoms with Crippen LogP contribution in [0.25, 0.3) is 17.2 Å². The van der Waals surface area contributed by atoms with Crippen molar-refractivity contribution in [3.63, 3.8) is 0 Å². The third-order valence-electron chi connectivity index (χ3n) is 2.24. The van der Waals surface area contributed by atoms with Gasteiger partial charge in [-0.25, -0.2) is 4.98 Å². The summed E-state index contributed by atoms with van der Waals surface area (Å²) in [5.74, 6) is 0.799. The normalized spacial score (nSPS) is 14.3. The van der Waals surface area contributed by atoms with Gasteiger partial charge in [-0.15, -0.1) is 0 Å². The van der Waals surface area contributed by atoms with Crippen LogP contribution in [0.1, 0.15) is 11.3 Å². The fraction of sp³-hybridized carbons (Fsp3) is 0.0909. The summed E-state index contributed by atoms with van der Waals surface area (Å²) < 4.78 is 5.56. The van der Waals surface area contributed by atoms with Gasteiger partial charge in [-0.2, -0.15) is 0 Å². The van der Waals surface area contributed by atoms with Crippen LogP contribution in [0.15, 0.2) is 33.8 Å². The standard InChI is InChI=1S/C11H8N2O/c1-3-8-9-4-2-6-13-11(9)14-10(8)7-12-5-1/h1-4,6-7H,5H2. The molecule has 0 N–H and O–H groups in total. The number of nitrogens with zero attached hydrogens (tertiary/aromatic N) is 2. The molecule has 2 aromatic rings. The summed E-state index contributed by atoms with van der Waals surface area (Å²) in [6, 6.07) is 3.92.